The van der Waals surface area contributed by atoms with Gasteiger partial charge in [-0.1, -0.05) is 20.8 Å². The van der Waals surface area contributed by atoms with E-state index in [0.29, 0.717) is 32.6 Å². The molecule has 21 heavy (non-hydrogen) atoms. The Morgan fingerprint density at radius 1 is 1.19 bits per heavy atom. The summed E-state index contributed by atoms with van der Waals surface area (Å²) in [5, 5.41) is 2.76. The highest BCUT2D eigenvalue weighted by Crippen LogP contribution is 2.26. The Hall–Kier alpha value is -1.59. The van der Waals surface area contributed by atoms with Gasteiger partial charge in [0, 0.05) is 38.0 Å². The normalized spacial score (nSPS) is 23.8. The number of amides is 3. The van der Waals surface area contributed by atoms with Crippen LogP contribution >= 0.6 is 0 Å². The Balaban J connectivity index is 2.07. The van der Waals surface area contributed by atoms with Crippen molar-refractivity contribution in [1.82, 2.24) is 15.1 Å². The molecule has 0 aromatic rings. The van der Waals surface area contributed by atoms with Crippen molar-refractivity contribution in [2.24, 2.45) is 5.41 Å². The van der Waals surface area contributed by atoms with Crippen molar-refractivity contribution in [1.29, 1.82) is 0 Å². The van der Waals surface area contributed by atoms with Gasteiger partial charge in [-0.3, -0.25) is 14.4 Å². The highest BCUT2D eigenvalue weighted by atomic mass is 16.2. The zero-order chi connectivity index (χ0) is 15.6. The predicted molar refractivity (Wildman–Crippen MR) is 78.4 cm³/mol. The average molecular weight is 295 g/mol. The maximum atomic E-state index is 12.7. The van der Waals surface area contributed by atoms with Gasteiger partial charge in [0.25, 0.3) is 0 Å². The maximum absolute atomic E-state index is 12.7. The summed E-state index contributed by atoms with van der Waals surface area (Å²) in [6.07, 6.45) is 1.92. The first-order chi connectivity index (χ1) is 9.80. The fourth-order valence-electron chi connectivity index (χ4n) is 2.90. The number of likely N-dealkylation sites (tertiary alicyclic amines) is 1. The Morgan fingerprint density at radius 3 is 2.57 bits per heavy atom. The summed E-state index contributed by atoms with van der Waals surface area (Å²) >= 11 is 0. The van der Waals surface area contributed by atoms with Crippen molar-refractivity contribution in [3.05, 3.63) is 0 Å². The van der Waals surface area contributed by atoms with E-state index in [1.807, 2.05) is 20.8 Å². The monoisotopic (exact) mass is 295 g/mol. The lowest BCUT2D eigenvalue weighted by Gasteiger charge is -2.33. The minimum absolute atomic E-state index is 0.0124. The summed E-state index contributed by atoms with van der Waals surface area (Å²) in [6, 6.07) is -0.357. The number of carbonyl (C=O) groups excluding carboxylic acids is 3. The quantitative estimate of drug-likeness (QED) is 0.760. The van der Waals surface area contributed by atoms with Gasteiger partial charge in [-0.05, 0) is 12.8 Å². The third-order valence-electron chi connectivity index (χ3n) is 4.06. The lowest BCUT2D eigenvalue weighted by atomic mass is 9.94. The van der Waals surface area contributed by atoms with E-state index < -0.39 is 5.41 Å². The Bertz CT molecular complexity index is 442. The Kier molecular flexibility index (Phi) is 4.54. The van der Waals surface area contributed by atoms with Crippen molar-refractivity contribution in [2.45, 2.75) is 46.1 Å². The minimum atomic E-state index is -0.473. The molecule has 6 nitrogen and oxygen atoms in total. The van der Waals surface area contributed by atoms with Crippen LogP contribution in [0, 0.1) is 5.41 Å². The Morgan fingerprint density at radius 2 is 1.90 bits per heavy atom. The van der Waals surface area contributed by atoms with E-state index >= 15 is 0 Å². The topological polar surface area (TPSA) is 69.7 Å². The molecule has 1 atom stereocenters. The number of carbonyl (C=O) groups is 3. The molecule has 0 aliphatic carbocycles. The molecule has 2 fully saturated rings. The van der Waals surface area contributed by atoms with Crippen LogP contribution in [0.1, 0.15) is 40.0 Å². The summed E-state index contributed by atoms with van der Waals surface area (Å²) in [5.74, 6) is 0.00307. The van der Waals surface area contributed by atoms with E-state index in [-0.39, 0.29) is 23.8 Å². The van der Waals surface area contributed by atoms with Crippen LogP contribution in [0.15, 0.2) is 0 Å². The molecule has 1 N–H and O–H groups in total. The molecule has 2 aliphatic rings. The first-order valence-corrected chi connectivity index (χ1v) is 7.67. The zero-order valence-corrected chi connectivity index (χ0v) is 13.1. The van der Waals surface area contributed by atoms with Crippen LogP contribution in [-0.4, -0.2) is 59.7 Å². The number of nitrogens with one attached hydrogen (secondary N) is 1. The highest BCUT2D eigenvalue weighted by molar-refractivity contribution is 5.90. The average Bonchev–Trinajstić information content (AvgIpc) is 2.79. The van der Waals surface area contributed by atoms with Crippen LogP contribution in [0.4, 0.5) is 0 Å². The van der Waals surface area contributed by atoms with Crippen LogP contribution < -0.4 is 5.32 Å². The lowest BCUT2D eigenvalue weighted by Crippen LogP contribution is -2.51. The van der Waals surface area contributed by atoms with E-state index in [1.54, 1.807) is 9.80 Å². The SMILES string of the molecule is CC(C)(C)C(=O)N1CCCC1C(=O)N1CCNC(=O)CC1. The van der Waals surface area contributed by atoms with E-state index in [0.717, 1.165) is 12.8 Å². The standard InChI is InChI=1S/C15H25N3O3/c1-15(2,3)14(21)18-8-4-5-11(18)13(20)17-9-6-12(19)16-7-10-17/h11H,4-10H2,1-3H3,(H,16,19). The smallest absolute Gasteiger partial charge is 0.245 e. The second kappa shape index (κ2) is 6.03. The second-order valence-electron chi connectivity index (χ2n) is 6.83. The van der Waals surface area contributed by atoms with Gasteiger partial charge in [-0.2, -0.15) is 0 Å². The van der Waals surface area contributed by atoms with Crippen molar-refractivity contribution < 1.29 is 14.4 Å². The van der Waals surface area contributed by atoms with Gasteiger partial charge < -0.3 is 15.1 Å². The number of nitrogens with zero attached hydrogens (tertiary/aromatic N) is 2. The van der Waals surface area contributed by atoms with E-state index in [2.05, 4.69) is 5.32 Å². The van der Waals surface area contributed by atoms with Crippen LogP contribution in [-0.2, 0) is 14.4 Å². The van der Waals surface area contributed by atoms with Crippen molar-refractivity contribution in [3.63, 3.8) is 0 Å². The molecule has 6 heteroatoms. The molecule has 1 unspecified atom stereocenters. The van der Waals surface area contributed by atoms with Crippen LogP contribution in [0.25, 0.3) is 0 Å². The molecule has 2 aliphatic heterocycles. The molecule has 0 aromatic heterocycles. The maximum Gasteiger partial charge on any atom is 0.245 e. The Labute approximate surface area is 125 Å². The molecule has 3 amide bonds. The first kappa shape index (κ1) is 15.8. The lowest BCUT2D eigenvalue weighted by molar-refractivity contribution is -0.148. The molecule has 2 saturated heterocycles. The fraction of sp³-hybridized carbons (Fsp3) is 0.800. The largest absolute Gasteiger partial charge is 0.354 e. The van der Waals surface area contributed by atoms with Crippen LogP contribution in [0.3, 0.4) is 0 Å². The van der Waals surface area contributed by atoms with E-state index in [9.17, 15) is 14.4 Å². The molecule has 0 radical (unpaired) electrons. The van der Waals surface area contributed by atoms with Crippen molar-refractivity contribution in [3.8, 4) is 0 Å². The summed E-state index contributed by atoms with van der Waals surface area (Å²) in [7, 11) is 0. The molecule has 0 bridgehead atoms. The van der Waals surface area contributed by atoms with Gasteiger partial charge in [0.1, 0.15) is 6.04 Å². The van der Waals surface area contributed by atoms with Crippen LogP contribution in [0.5, 0.6) is 0 Å². The van der Waals surface area contributed by atoms with Gasteiger partial charge in [0.15, 0.2) is 0 Å². The molecule has 0 aromatic carbocycles. The van der Waals surface area contributed by atoms with Gasteiger partial charge in [-0.15, -0.1) is 0 Å². The minimum Gasteiger partial charge on any atom is -0.354 e. The zero-order valence-electron chi connectivity index (χ0n) is 13.1. The summed E-state index contributed by atoms with van der Waals surface area (Å²) in [4.78, 5) is 40.0. The summed E-state index contributed by atoms with van der Waals surface area (Å²) in [6.45, 7) is 7.75. The highest BCUT2D eigenvalue weighted by Gasteiger charge is 2.40. The van der Waals surface area contributed by atoms with Crippen molar-refractivity contribution >= 4 is 17.7 Å². The molecule has 2 heterocycles. The van der Waals surface area contributed by atoms with Gasteiger partial charge in [-0.25, -0.2) is 0 Å². The predicted octanol–water partition coefficient (Wildman–Crippen LogP) is 0.372. The molecule has 2 rings (SSSR count). The van der Waals surface area contributed by atoms with Gasteiger partial charge in [0.2, 0.25) is 17.7 Å². The third-order valence-corrected chi connectivity index (χ3v) is 4.06. The molecule has 0 saturated carbocycles. The summed E-state index contributed by atoms with van der Waals surface area (Å²) < 4.78 is 0. The second-order valence-corrected chi connectivity index (χ2v) is 6.83. The molecular formula is C15H25N3O3. The van der Waals surface area contributed by atoms with E-state index in [1.165, 1.54) is 0 Å². The van der Waals surface area contributed by atoms with Crippen LogP contribution in [0.2, 0.25) is 0 Å². The number of rotatable bonds is 1. The number of hydrogen-bond donors (Lipinski definition) is 1. The first-order valence-electron chi connectivity index (χ1n) is 7.67. The summed E-state index contributed by atoms with van der Waals surface area (Å²) in [5.41, 5.74) is -0.473. The van der Waals surface area contributed by atoms with Crippen molar-refractivity contribution in [2.75, 3.05) is 26.2 Å². The fourth-order valence-corrected chi connectivity index (χ4v) is 2.90. The molecular weight excluding hydrogens is 270 g/mol. The van der Waals surface area contributed by atoms with Gasteiger partial charge in [0.05, 0.1) is 0 Å². The van der Waals surface area contributed by atoms with E-state index in [4.69, 9.17) is 0 Å². The number of hydrogen-bond acceptors (Lipinski definition) is 3. The third kappa shape index (κ3) is 3.54. The molecule has 0 spiro atoms. The molecule has 118 valence electrons. The van der Waals surface area contributed by atoms with Gasteiger partial charge >= 0.3 is 0 Å².